The highest BCUT2D eigenvalue weighted by atomic mass is 32.2. The minimum atomic E-state index is -3.72. The standard InChI is InChI=1S/C20H27N3O3S.CH2O2/c1-14(2)15-5-7-17(8-6-15)27(24,25)22-19-13-16-9-11-23(3)12-10-18(16)21-20(19)26-4;2-1-3/h5-8,13-14,22H,9-12H2,1-4H3;1H,(H,2,3). The summed E-state index contributed by atoms with van der Waals surface area (Å²) in [7, 11) is -0.132. The lowest BCUT2D eigenvalue weighted by molar-refractivity contribution is -0.122. The maximum atomic E-state index is 12.8. The molecule has 164 valence electrons. The fraction of sp³-hybridized carbons (Fsp3) is 0.429. The molecule has 0 atom stereocenters. The van der Waals surface area contributed by atoms with Crippen LogP contribution in [0, 0.1) is 0 Å². The van der Waals surface area contributed by atoms with Gasteiger partial charge in [0.05, 0.1) is 12.0 Å². The fourth-order valence-electron chi connectivity index (χ4n) is 3.19. The topological polar surface area (TPSA) is 109 Å². The third kappa shape index (κ3) is 5.93. The molecule has 30 heavy (non-hydrogen) atoms. The van der Waals surface area contributed by atoms with E-state index in [0.29, 0.717) is 17.5 Å². The number of sulfonamides is 1. The molecule has 3 rings (SSSR count). The summed E-state index contributed by atoms with van der Waals surface area (Å²) in [5.74, 6) is 0.655. The number of carbonyl (C=O) groups is 1. The zero-order valence-electron chi connectivity index (χ0n) is 17.8. The van der Waals surface area contributed by atoms with Crippen molar-refractivity contribution in [3.8, 4) is 5.88 Å². The van der Waals surface area contributed by atoms with Crippen LogP contribution >= 0.6 is 0 Å². The number of benzene rings is 1. The molecule has 0 saturated heterocycles. The second-order valence-corrected chi connectivity index (χ2v) is 9.07. The smallest absolute Gasteiger partial charge is 0.290 e. The number of aromatic nitrogens is 1. The van der Waals surface area contributed by atoms with Crippen molar-refractivity contribution in [1.29, 1.82) is 0 Å². The van der Waals surface area contributed by atoms with Crippen LogP contribution in [0.1, 0.15) is 36.6 Å². The van der Waals surface area contributed by atoms with E-state index >= 15 is 0 Å². The third-order valence-corrected chi connectivity index (χ3v) is 6.33. The summed E-state index contributed by atoms with van der Waals surface area (Å²) >= 11 is 0. The average molecular weight is 436 g/mol. The molecule has 9 heteroatoms. The Bertz CT molecular complexity index is 959. The van der Waals surface area contributed by atoms with E-state index in [4.69, 9.17) is 14.6 Å². The Morgan fingerprint density at radius 2 is 1.80 bits per heavy atom. The van der Waals surface area contributed by atoms with Gasteiger partial charge < -0.3 is 14.7 Å². The van der Waals surface area contributed by atoms with Gasteiger partial charge in [-0.3, -0.25) is 9.52 Å². The van der Waals surface area contributed by atoms with Crippen LogP contribution in [-0.2, 0) is 27.7 Å². The van der Waals surface area contributed by atoms with Gasteiger partial charge in [-0.2, -0.15) is 0 Å². The number of nitrogens with zero attached hydrogens (tertiary/aromatic N) is 2. The Labute approximate surface area is 177 Å². The third-order valence-electron chi connectivity index (χ3n) is 4.94. The van der Waals surface area contributed by atoms with Crippen molar-refractivity contribution < 1.29 is 23.1 Å². The summed E-state index contributed by atoms with van der Waals surface area (Å²) in [6, 6.07) is 8.83. The van der Waals surface area contributed by atoms with E-state index in [2.05, 4.69) is 35.5 Å². The van der Waals surface area contributed by atoms with Crippen molar-refractivity contribution in [1.82, 2.24) is 9.88 Å². The second kappa shape index (κ2) is 10.4. The summed E-state index contributed by atoms with van der Waals surface area (Å²) in [4.78, 5) is 15.4. The number of ether oxygens (including phenoxy) is 1. The van der Waals surface area contributed by atoms with Gasteiger partial charge in [-0.1, -0.05) is 26.0 Å². The van der Waals surface area contributed by atoms with Crippen LogP contribution in [0.4, 0.5) is 5.69 Å². The Morgan fingerprint density at radius 3 is 2.37 bits per heavy atom. The number of fused-ring (bicyclic) bond motifs is 1. The van der Waals surface area contributed by atoms with Gasteiger partial charge in [0.2, 0.25) is 5.88 Å². The van der Waals surface area contributed by atoms with Crippen molar-refractivity contribution in [3.63, 3.8) is 0 Å². The van der Waals surface area contributed by atoms with Gasteiger partial charge in [0.1, 0.15) is 5.69 Å². The Kier molecular flexibility index (Phi) is 8.19. The van der Waals surface area contributed by atoms with Crippen molar-refractivity contribution in [3.05, 3.63) is 47.2 Å². The first-order valence-electron chi connectivity index (χ1n) is 9.67. The van der Waals surface area contributed by atoms with Crippen LogP contribution < -0.4 is 9.46 Å². The molecule has 0 spiro atoms. The predicted octanol–water partition coefficient (Wildman–Crippen LogP) is 2.75. The summed E-state index contributed by atoms with van der Waals surface area (Å²) in [5, 5.41) is 6.89. The van der Waals surface area contributed by atoms with Crippen molar-refractivity contribution >= 4 is 22.2 Å². The van der Waals surface area contributed by atoms with Crippen molar-refractivity contribution in [2.45, 2.75) is 37.5 Å². The Morgan fingerprint density at radius 1 is 1.20 bits per heavy atom. The van der Waals surface area contributed by atoms with Gasteiger partial charge in [0.25, 0.3) is 16.5 Å². The number of anilines is 1. The molecule has 0 saturated carbocycles. The predicted molar refractivity (Wildman–Crippen MR) is 116 cm³/mol. The van der Waals surface area contributed by atoms with E-state index in [-0.39, 0.29) is 11.4 Å². The minimum absolute atomic E-state index is 0.226. The number of hydrogen-bond donors (Lipinski definition) is 2. The molecule has 1 aromatic carbocycles. The van der Waals surface area contributed by atoms with E-state index in [9.17, 15) is 8.42 Å². The van der Waals surface area contributed by atoms with Gasteiger partial charge in [0.15, 0.2) is 0 Å². The molecule has 1 aliphatic rings. The lowest BCUT2D eigenvalue weighted by Gasteiger charge is -2.15. The summed E-state index contributed by atoms with van der Waals surface area (Å²) in [6.07, 6.45) is 1.66. The monoisotopic (exact) mass is 435 g/mol. The Hall–Kier alpha value is -2.65. The van der Waals surface area contributed by atoms with Gasteiger partial charge in [-0.15, -0.1) is 0 Å². The number of nitrogens with one attached hydrogen (secondary N) is 1. The fourth-order valence-corrected chi connectivity index (χ4v) is 4.24. The highest BCUT2D eigenvalue weighted by Crippen LogP contribution is 2.29. The van der Waals surface area contributed by atoms with Crippen LogP contribution in [-0.4, -0.2) is 57.1 Å². The average Bonchev–Trinajstić information content (AvgIpc) is 2.89. The first kappa shape index (κ1) is 23.6. The van der Waals surface area contributed by atoms with E-state index in [1.807, 2.05) is 18.2 Å². The van der Waals surface area contributed by atoms with Crippen LogP contribution in [0.15, 0.2) is 35.2 Å². The molecule has 8 nitrogen and oxygen atoms in total. The van der Waals surface area contributed by atoms with Crippen LogP contribution in [0.3, 0.4) is 0 Å². The zero-order valence-corrected chi connectivity index (χ0v) is 18.6. The van der Waals surface area contributed by atoms with Gasteiger partial charge in [-0.05, 0) is 48.7 Å². The minimum Gasteiger partial charge on any atom is -0.483 e. The van der Waals surface area contributed by atoms with Crippen molar-refractivity contribution in [2.24, 2.45) is 0 Å². The number of hydrogen-bond acceptors (Lipinski definition) is 6. The van der Waals surface area contributed by atoms with E-state index < -0.39 is 10.0 Å². The first-order chi connectivity index (χ1) is 14.2. The number of pyridine rings is 1. The second-order valence-electron chi connectivity index (χ2n) is 7.39. The quantitative estimate of drug-likeness (QED) is 0.695. The number of carboxylic acid groups (broad SMARTS) is 1. The van der Waals surface area contributed by atoms with Crippen molar-refractivity contribution in [2.75, 3.05) is 32.0 Å². The largest absolute Gasteiger partial charge is 0.483 e. The molecule has 2 N–H and O–H groups in total. The molecule has 0 fully saturated rings. The molecule has 1 aliphatic heterocycles. The maximum Gasteiger partial charge on any atom is 0.290 e. The molecule has 1 aromatic heterocycles. The SMILES string of the molecule is COc1nc2c(cc1NS(=O)(=O)c1ccc(C(C)C)cc1)CCN(C)CC2.O=CO. The molecule has 0 amide bonds. The molecule has 0 radical (unpaired) electrons. The normalized spacial score (nSPS) is 14.2. The van der Waals surface area contributed by atoms with Gasteiger partial charge >= 0.3 is 0 Å². The molecular formula is C21H29N3O5S. The highest BCUT2D eigenvalue weighted by Gasteiger charge is 2.21. The summed E-state index contributed by atoms with van der Waals surface area (Å²) in [5.41, 5.74) is 3.52. The van der Waals surface area contributed by atoms with Crippen LogP contribution in [0.5, 0.6) is 5.88 Å². The summed E-state index contributed by atoms with van der Waals surface area (Å²) < 4.78 is 33.7. The number of rotatable bonds is 5. The molecule has 0 bridgehead atoms. The summed E-state index contributed by atoms with van der Waals surface area (Å²) in [6.45, 7) is 5.75. The highest BCUT2D eigenvalue weighted by molar-refractivity contribution is 7.92. The lowest BCUT2D eigenvalue weighted by Crippen LogP contribution is -2.20. The molecule has 0 unspecified atom stereocenters. The molecule has 0 aliphatic carbocycles. The number of methoxy groups -OCH3 is 1. The molecule has 2 aromatic rings. The van der Waals surface area contributed by atoms with E-state index in [1.165, 1.54) is 7.11 Å². The lowest BCUT2D eigenvalue weighted by atomic mass is 10.0. The first-order valence-corrected chi connectivity index (χ1v) is 11.2. The zero-order chi connectivity index (χ0) is 22.3. The van der Waals surface area contributed by atoms with Gasteiger partial charge in [-0.25, -0.2) is 13.4 Å². The Balaban J connectivity index is 0.00000101. The van der Waals surface area contributed by atoms with Crippen LogP contribution in [0.2, 0.25) is 0 Å². The van der Waals surface area contributed by atoms with Gasteiger partial charge in [0, 0.05) is 25.2 Å². The number of likely N-dealkylation sites (N-methyl/N-ethyl adjacent to an activating group) is 1. The maximum absolute atomic E-state index is 12.8. The van der Waals surface area contributed by atoms with E-state index in [1.54, 1.807) is 12.1 Å². The van der Waals surface area contributed by atoms with E-state index in [0.717, 1.165) is 42.8 Å². The molecule has 2 heterocycles. The van der Waals surface area contributed by atoms with Crippen LogP contribution in [0.25, 0.3) is 0 Å². The molecular weight excluding hydrogens is 406 g/mol.